The smallest absolute Gasteiger partial charge is 0.249 e. The number of fused-ring (bicyclic) bond motifs is 1. The Bertz CT molecular complexity index is 522. The van der Waals surface area contributed by atoms with E-state index in [0.717, 1.165) is 24.3 Å². The lowest BCUT2D eigenvalue weighted by molar-refractivity contribution is -0.120. The SMILES string of the molecule is CCCCCN1C(=O)C(C(C)C)Nc2cc(C)c(C)cc21. The zero-order chi connectivity index (χ0) is 15.6. The first kappa shape index (κ1) is 15.9. The van der Waals surface area contributed by atoms with Gasteiger partial charge in [0.05, 0.1) is 11.4 Å². The number of unbranched alkanes of at least 4 members (excludes halogenated alkanes) is 2. The molecule has 2 rings (SSSR count). The molecule has 0 saturated heterocycles. The molecular formula is C18H28N2O. The molecule has 116 valence electrons. The Kier molecular flexibility index (Phi) is 4.92. The predicted octanol–water partition coefficient (Wildman–Crippen LogP) is 4.28. The highest BCUT2D eigenvalue weighted by atomic mass is 16.2. The molecule has 0 saturated carbocycles. The molecule has 1 aromatic carbocycles. The quantitative estimate of drug-likeness (QED) is 0.820. The minimum absolute atomic E-state index is 0.110. The monoisotopic (exact) mass is 288 g/mol. The summed E-state index contributed by atoms with van der Waals surface area (Å²) in [4.78, 5) is 14.8. The van der Waals surface area contributed by atoms with Crippen LogP contribution in [-0.4, -0.2) is 18.5 Å². The van der Waals surface area contributed by atoms with Gasteiger partial charge in [0.15, 0.2) is 0 Å². The largest absolute Gasteiger partial charge is 0.372 e. The molecule has 1 unspecified atom stereocenters. The molecule has 1 aliphatic heterocycles. The Balaban J connectivity index is 2.37. The van der Waals surface area contributed by atoms with Crippen LogP contribution in [0.3, 0.4) is 0 Å². The van der Waals surface area contributed by atoms with Crippen LogP contribution in [0.15, 0.2) is 12.1 Å². The summed E-state index contributed by atoms with van der Waals surface area (Å²) >= 11 is 0. The van der Waals surface area contributed by atoms with Crippen molar-refractivity contribution < 1.29 is 4.79 Å². The highest BCUT2D eigenvalue weighted by Gasteiger charge is 2.34. The number of amides is 1. The van der Waals surface area contributed by atoms with Gasteiger partial charge in [0.25, 0.3) is 0 Å². The van der Waals surface area contributed by atoms with Crippen LogP contribution in [0.25, 0.3) is 0 Å². The maximum absolute atomic E-state index is 12.8. The molecule has 1 aromatic rings. The molecule has 1 aliphatic rings. The number of carbonyl (C=O) groups excluding carboxylic acids is 1. The van der Waals surface area contributed by atoms with Crippen molar-refractivity contribution in [2.24, 2.45) is 5.92 Å². The fraction of sp³-hybridized carbons (Fsp3) is 0.611. The number of anilines is 2. The first-order valence-corrected chi connectivity index (χ1v) is 8.14. The number of rotatable bonds is 5. The van der Waals surface area contributed by atoms with E-state index in [0.29, 0.717) is 5.92 Å². The normalized spacial score (nSPS) is 17.9. The van der Waals surface area contributed by atoms with Crippen molar-refractivity contribution in [2.75, 3.05) is 16.8 Å². The fourth-order valence-electron chi connectivity index (χ4n) is 2.86. The summed E-state index contributed by atoms with van der Waals surface area (Å²) in [6.45, 7) is 11.5. The number of nitrogens with one attached hydrogen (secondary N) is 1. The van der Waals surface area contributed by atoms with Gasteiger partial charge in [-0.25, -0.2) is 0 Å². The Morgan fingerprint density at radius 3 is 2.48 bits per heavy atom. The van der Waals surface area contributed by atoms with Crippen molar-refractivity contribution in [1.82, 2.24) is 0 Å². The second-order valence-electron chi connectivity index (χ2n) is 6.52. The molecule has 3 heteroatoms. The van der Waals surface area contributed by atoms with Crippen LogP contribution in [0, 0.1) is 19.8 Å². The Morgan fingerprint density at radius 2 is 1.86 bits per heavy atom. The molecule has 0 spiro atoms. The van der Waals surface area contributed by atoms with E-state index in [1.165, 1.54) is 24.0 Å². The summed E-state index contributed by atoms with van der Waals surface area (Å²) in [6.07, 6.45) is 3.41. The minimum Gasteiger partial charge on any atom is -0.372 e. The average molecular weight is 288 g/mol. The van der Waals surface area contributed by atoms with E-state index < -0.39 is 0 Å². The third-order valence-corrected chi connectivity index (χ3v) is 4.40. The minimum atomic E-state index is -0.110. The Morgan fingerprint density at radius 1 is 1.19 bits per heavy atom. The molecule has 0 radical (unpaired) electrons. The van der Waals surface area contributed by atoms with Crippen molar-refractivity contribution in [3.05, 3.63) is 23.3 Å². The summed E-state index contributed by atoms with van der Waals surface area (Å²) in [6, 6.07) is 4.22. The maximum Gasteiger partial charge on any atom is 0.249 e. The second kappa shape index (κ2) is 6.50. The van der Waals surface area contributed by atoms with E-state index in [1.54, 1.807) is 0 Å². The standard InChI is InChI=1S/C18H28N2O/c1-6-7-8-9-20-16-11-14(5)13(4)10-15(16)19-17(12(2)3)18(20)21/h10-12,17,19H,6-9H2,1-5H3. The first-order valence-electron chi connectivity index (χ1n) is 8.14. The van der Waals surface area contributed by atoms with E-state index in [4.69, 9.17) is 0 Å². The van der Waals surface area contributed by atoms with Crippen molar-refractivity contribution >= 4 is 17.3 Å². The molecule has 0 aliphatic carbocycles. The van der Waals surface area contributed by atoms with Gasteiger partial charge in [0.1, 0.15) is 6.04 Å². The van der Waals surface area contributed by atoms with Gasteiger partial charge in [-0.2, -0.15) is 0 Å². The van der Waals surface area contributed by atoms with Crippen LogP contribution in [0.1, 0.15) is 51.2 Å². The average Bonchev–Trinajstić information content (AvgIpc) is 2.43. The van der Waals surface area contributed by atoms with Crippen LogP contribution in [0.2, 0.25) is 0 Å². The van der Waals surface area contributed by atoms with Gasteiger partial charge in [-0.05, 0) is 49.4 Å². The van der Waals surface area contributed by atoms with Gasteiger partial charge in [0, 0.05) is 6.54 Å². The van der Waals surface area contributed by atoms with Crippen LogP contribution in [0.4, 0.5) is 11.4 Å². The number of hydrogen-bond acceptors (Lipinski definition) is 2. The number of carbonyl (C=O) groups is 1. The predicted molar refractivity (Wildman–Crippen MR) is 90.0 cm³/mol. The molecule has 1 heterocycles. The van der Waals surface area contributed by atoms with E-state index in [9.17, 15) is 4.79 Å². The van der Waals surface area contributed by atoms with Gasteiger partial charge in [-0.15, -0.1) is 0 Å². The van der Waals surface area contributed by atoms with Gasteiger partial charge < -0.3 is 10.2 Å². The van der Waals surface area contributed by atoms with E-state index in [1.807, 2.05) is 4.90 Å². The summed E-state index contributed by atoms with van der Waals surface area (Å²) < 4.78 is 0. The van der Waals surface area contributed by atoms with Crippen LogP contribution in [-0.2, 0) is 4.79 Å². The lowest BCUT2D eigenvalue weighted by Crippen LogP contribution is -2.50. The molecular weight excluding hydrogens is 260 g/mol. The Hall–Kier alpha value is -1.51. The maximum atomic E-state index is 12.8. The van der Waals surface area contributed by atoms with Crippen LogP contribution >= 0.6 is 0 Å². The summed E-state index contributed by atoms with van der Waals surface area (Å²) in [7, 11) is 0. The topological polar surface area (TPSA) is 32.3 Å². The van der Waals surface area contributed by atoms with Crippen molar-refractivity contribution in [3.8, 4) is 0 Å². The van der Waals surface area contributed by atoms with Gasteiger partial charge in [-0.1, -0.05) is 33.6 Å². The second-order valence-corrected chi connectivity index (χ2v) is 6.52. The first-order chi connectivity index (χ1) is 9.95. The zero-order valence-corrected chi connectivity index (χ0v) is 14.0. The van der Waals surface area contributed by atoms with E-state index in [-0.39, 0.29) is 11.9 Å². The lowest BCUT2D eigenvalue weighted by Gasteiger charge is -2.37. The molecule has 1 amide bonds. The molecule has 3 nitrogen and oxygen atoms in total. The highest BCUT2D eigenvalue weighted by molar-refractivity contribution is 6.05. The number of hydrogen-bond donors (Lipinski definition) is 1. The van der Waals surface area contributed by atoms with Crippen LogP contribution < -0.4 is 10.2 Å². The summed E-state index contributed by atoms with van der Waals surface area (Å²) in [5.74, 6) is 0.512. The molecule has 21 heavy (non-hydrogen) atoms. The molecule has 0 aromatic heterocycles. The third kappa shape index (κ3) is 3.22. The lowest BCUT2D eigenvalue weighted by atomic mass is 9.96. The number of nitrogens with zero attached hydrogens (tertiary/aromatic N) is 1. The van der Waals surface area contributed by atoms with Crippen LogP contribution in [0.5, 0.6) is 0 Å². The fourth-order valence-corrected chi connectivity index (χ4v) is 2.86. The molecule has 0 fully saturated rings. The molecule has 0 bridgehead atoms. The highest BCUT2D eigenvalue weighted by Crippen LogP contribution is 2.35. The number of aryl methyl sites for hydroxylation is 2. The third-order valence-electron chi connectivity index (χ3n) is 4.40. The summed E-state index contributed by atoms with van der Waals surface area (Å²) in [5.41, 5.74) is 4.67. The zero-order valence-electron chi connectivity index (χ0n) is 14.0. The van der Waals surface area contributed by atoms with E-state index in [2.05, 4.69) is 52.1 Å². The Labute approximate surface area is 128 Å². The van der Waals surface area contributed by atoms with Gasteiger partial charge in [-0.3, -0.25) is 4.79 Å². The van der Waals surface area contributed by atoms with E-state index >= 15 is 0 Å². The van der Waals surface area contributed by atoms with Gasteiger partial charge in [0.2, 0.25) is 5.91 Å². The number of benzene rings is 1. The van der Waals surface area contributed by atoms with Crippen molar-refractivity contribution in [2.45, 2.75) is 59.9 Å². The van der Waals surface area contributed by atoms with Crippen molar-refractivity contribution in [1.29, 1.82) is 0 Å². The molecule has 1 atom stereocenters. The summed E-state index contributed by atoms with van der Waals surface area (Å²) in [5, 5.41) is 3.44. The van der Waals surface area contributed by atoms with Crippen molar-refractivity contribution in [3.63, 3.8) is 0 Å². The van der Waals surface area contributed by atoms with Gasteiger partial charge >= 0.3 is 0 Å². The molecule has 1 N–H and O–H groups in total.